The Morgan fingerprint density at radius 3 is 2.67 bits per heavy atom. The van der Waals surface area contributed by atoms with Gasteiger partial charge in [-0.2, -0.15) is 0 Å². The molecule has 0 spiro atoms. The van der Waals surface area contributed by atoms with E-state index in [9.17, 15) is 4.79 Å². The van der Waals surface area contributed by atoms with Crippen LogP contribution in [0.3, 0.4) is 0 Å². The smallest absolute Gasteiger partial charge is 0.317 e. The zero-order valence-corrected chi connectivity index (χ0v) is 16.0. The summed E-state index contributed by atoms with van der Waals surface area (Å²) in [7, 11) is 0. The number of rotatable bonds is 3. The third kappa shape index (κ3) is 3.83. The van der Waals surface area contributed by atoms with Crippen molar-refractivity contribution in [2.24, 2.45) is 0 Å². The highest BCUT2D eigenvalue weighted by Gasteiger charge is 2.36. The van der Waals surface area contributed by atoms with Crippen LogP contribution in [0.2, 0.25) is 0 Å². The van der Waals surface area contributed by atoms with Gasteiger partial charge in [-0.1, -0.05) is 24.3 Å². The zero-order valence-electron chi connectivity index (χ0n) is 16.0. The number of hydrogen-bond donors (Lipinski definition) is 1. The maximum absolute atomic E-state index is 12.7. The molecule has 2 amide bonds. The lowest BCUT2D eigenvalue weighted by Gasteiger charge is -2.40. The number of urea groups is 1. The molecule has 1 aromatic heterocycles. The van der Waals surface area contributed by atoms with E-state index < -0.39 is 0 Å². The molecule has 2 atom stereocenters. The van der Waals surface area contributed by atoms with Gasteiger partial charge in [-0.25, -0.2) is 4.79 Å². The molecule has 0 radical (unpaired) electrons. The van der Waals surface area contributed by atoms with Gasteiger partial charge in [0.15, 0.2) is 6.10 Å². The summed E-state index contributed by atoms with van der Waals surface area (Å²) in [5.41, 5.74) is 2.72. The van der Waals surface area contributed by atoms with Crippen molar-refractivity contribution in [1.82, 2.24) is 20.4 Å². The summed E-state index contributed by atoms with van der Waals surface area (Å²) in [5.74, 6) is 1.47. The van der Waals surface area contributed by atoms with Gasteiger partial charge in [0.2, 0.25) is 11.8 Å². The maximum atomic E-state index is 12.7. The number of aromatic nitrogens is 2. The van der Waals surface area contributed by atoms with Crippen molar-refractivity contribution in [3.8, 4) is 0 Å². The van der Waals surface area contributed by atoms with Crippen molar-refractivity contribution < 1.29 is 13.9 Å². The van der Waals surface area contributed by atoms with Gasteiger partial charge in [-0.15, -0.1) is 10.2 Å². The Morgan fingerprint density at radius 2 is 1.96 bits per heavy atom. The van der Waals surface area contributed by atoms with Gasteiger partial charge in [0, 0.05) is 19.5 Å². The largest absolute Gasteiger partial charge is 0.423 e. The topological polar surface area (TPSA) is 80.5 Å². The van der Waals surface area contributed by atoms with Crippen molar-refractivity contribution in [2.45, 2.75) is 57.8 Å². The van der Waals surface area contributed by atoms with E-state index in [1.54, 1.807) is 11.8 Å². The molecule has 2 fully saturated rings. The lowest BCUT2D eigenvalue weighted by atomic mass is 9.74. The van der Waals surface area contributed by atoms with Gasteiger partial charge >= 0.3 is 6.03 Å². The molecule has 1 aliphatic carbocycles. The van der Waals surface area contributed by atoms with E-state index in [1.165, 1.54) is 11.1 Å². The molecule has 2 aromatic rings. The van der Waals surface area contributed by atoms with E-state index in [2.05, 4.69) is 46.7 Å². The first-order valence-electron chi connectivity index (χ1n) is 9.56. The Bertz CT molecular complexity index is 815. The Balaban J connectivity index is 1.33. The third-order valence-corrected chi connectivity index (χ3v) is 5.46. The summed E-state index contributed by atoms with van der Waals surface area (Å²) in [5, 5.41) is 11.1. The fourth-order valence-electron chi connectivity index (χ4n) is 4.00. The molecule has 1 saturated carbocycles. The Morgan fingerprint density at radius 1 is 1.19 bits per heavy atom. The summed E-state index contributed by atoms with van der Waals surface area (Å²) in [6, 6.07) is 8.68. The van der Waals surface area contributed by atoms with Crippen molar-refractivity contribution >= 4 is 6.03 Å². The van der Waals surface area contributed by atoms with Crippen LogP contribution in [0.15, 0.2) is 28.7 Å². The predicted molar refractivity (Wildman–Crippen MR) is 99.4 cm³/mol. The molecule has 1 N–H and O–H groups in total. The molecule has 27 heavy (non-hydrogen) atoms. The molecule has 2 aliphatic rings. The van der Waals surface area contributed by atoms with Gasteiger partial charge in [0.25, 0.3) is 0 Å². The van der Waals surface area contributed by atoms with Crippen molar-refractivity contribution in [3.63, 3.8) is 0 Å². The molecule has 7 heteroatoms. The van der Waals surface area contributed by atoms with Gasteiger partial charge < -0.3 is 19.4 Å². The van der Waals surface area contributed by atoms with Crippen LogP contribution in [0, 0.1) is 13.8 Å². The highest BCUT2D eigenvalue weighted by atomic mass is 16.5. The summed E-state index contributed by atoms with van der Waals surface area (Å²) in [6.07, 6.45) is 1.52. The standard InChI is InChI=1S/C20H26N4O3/c1-12-6-4-5-7-17(12)15-8-16(9-15)21-20(25)24-10-13(2)26-18(11-24)19-23-22-14(3)27-19/h4-7,13,15-16,18H,8-11H2,1-3H3,(H,21,25)/t13-,15?,16?,18-/m1/s1. The third-order valence-electron chi connectivity index (χ3n) is 5.46. The quantitative estimate of drug-likeness (QED) is 0.898. The number of ether oxygens (including phenoxy) is 1. The first-order valence-corrected chi connectivity index (χ1v) is 9.56. The lowest BCUT2D eigenvalue weighted by molar-refractivity contribution is -0.0771. The number of hydrogen-bond acceptors (Lipinski definition) is 5. The van der Waals surface area contributed by atoms with Crippen molar-refractivity contribution in [1.29, 1.82) is 0 Å². The van der Waals surface area contributed by atoms with Crippen LogP contribution in [0.1, 0.15) is 54.7 Å². The number of aryl methyl sites for hydroxylation is 2. The van der Waals surface area contributed by atoms with Crippen LogP contribution in [-0.2, 0) is 4.74 Å². The number of carbonyl (C=O) groups excluding carboxylic acids is 1. The number of amides is 2. The Labute approximate surface area is 159 Å². The van der Waals surface area contributed by atoms with Crippen LogP contribution in [0.5, 0.6) is 0 Å². The molecule has 2 heterocycles. The summed E-state index contributed by atoms with van der Waals surface area (Å²) in [4.78, 5) is 14.5. The maximum Gasteiger partial charge on any atom is 0.317 e. The van der Waals surface area contributed by atoms with E-state index in [-0.39, 0.29) is 24.3 Å². The highest BCUT2D eigenvalue weighted by Crippen LogP contribution is 2.38. The molecule has 1 saturated heterocycles. The van der Waals surface area contributed by atoms with Gasteiger partial charge in [-0.3, -0.25) is 0 Å². The first-order chi connectivity index (χ1) is 13.0. The van der Waals surface area contributed by atoms with Crippen molar-refractivity contribution in [2.75, 3.05) is 13.1 Å². The number of benzene rings is 1. The SMILES string of the molecule is Cc1nnc([C@H]2CN(C(=O)NC3CC(c4ccccc4C)C3)C[C@@H](C)O2)o1. The predicted octanol–water partition coefficient (Wildman–Crippen LogP) is 3.10. The molecule has 4 rings (SSSR count). The number of nitrogens with zero attached hydrogens (tertiary/aromatic N) is 3. The van der Waals surface area contributed by atoms with Gasteiger partial charge in [0.05, 0.1) is 12.6 Å². The number of morpholine rings is 1. The summed E-state index contributed by atoms with van der Waals surface area (Å²) < 4.78 is 11.4. The van der Waals surface area contributed by atoms with Gasteiger partial charge in [0.1, 0.15) is 0 Å². The second kappa shape index (κ2) is 7.31. The summed E-state index contributed by atoms with van der Waals surface area (Å²) >= 11 is 0. The fraction of sp³-hybridized carbons (Fsp3) is 0.550. The Hall–Kier alpha value is -2.41. The second-order valence-corrected chi connectivity index (χ2v) is 7.67. The van der Waals surface area contributed by atoms with Crippen LogP contribution in [0.4, 0.5) is 4.79 Å². The monoisotopic (exact) mass is 370 g/mol. The number of nitrogens with one attached hydrogen (secondary N) is 1. The highest BCUT2D eigenvalue weighted by molar-refractivity contribution is 5.75. The normalized spacial score (nSPS) is 27.9. The van der Waals surface area contributed by atoms with Crippen molar-refractivity contribution in [3.05, 3.63) is 47.2 Å². The average Bonchev–Trinajstić information content (AvgIpc) is 3.04. The minimum absolute atomic E-state index is 0.0420. The lowest BCUT2D eigenvalue weighted by Crippen LogP contribution is -2.54. The summed E-state index contributed by atoms with van der Waals surface area (Å²) in [6.45, 7) is 6.83. The minimum Gasteiger partial charge on any atom is -0.423 e. The van der Waals surface area contributed by atoms with E-state index in [1.807, 2.05) is 6.92 Å². The van der Waals surface area contributed by atoms with E-state index in [0.29, 0.717) is 30.8 Å². The van der Waals surface area contributed by atoms with Crippen LogP contribution >= 0.6 is 0 Å². The minimum atomic E-state index is -0.373. The average molecular weight is 370 g/mol. The number of carbonyl (C=O) groups is 1. The zero-order chi connectivity index (χ0) is 19.0. The molecule has 0 unspecified atom stereocenters. The second-order valence-electron chi connectivity index (χ2n) is 7.67. The molecule has 144 valence electrons. The van der Waals surface area contributed by atoms with E-state index >= 15 is 0 Å². The molecular weight excluding hydrogens is 344 g/mol. The first kappa shape index (κ1) is 18.0. The molecule has 0 bridgehead atoms. The van der Waals surface area contributed by atoms with Crippen LogP contribution < -0.4 is 5.32 Å². The molecule has 7 nitrogen and oxygen atoms in total. The molecule has 1 aliphatic heterocycles. The van der Waals surface area contributed by atoms with Crippen LogP contribution in [-0.4, -0.2) is 46.4 Å². The van der Waals surface area contributed by atoms with E-state index in [4.69, 9.17) is 9.15 Å². The van der Waals surface area contributed by atoms with Crippen LogP contribution in [0.25, 0.3) is 0 Å². The molecule has 1 aromatic carbocycles. The Kier molecular flexibility index (Phi) is 4.86. The fourth-order valence-corrected chi connectivity index (χ4v) is 4.00. The molecular formula is C20H26N4O3. The van der Waals surface area contributed by atoms with E-state index in [0.717, 1.165) is 12.8 Å². The van der Waals surface area contributed by atoms with Gasteiger partial charge in [-0.05, 0) is 43.7 Å².